The molecular weight excluding hydrogens is 254 g/mol. The van der Waals surface area contributed by atoms with E-state index >= 15 is 0 Å². The van der Waals surface area contributed by atoms with Gasteiger partial charge in [-0.3, -0.25) is 0 Å². The molecule has 1 aromatic carbocycles. The average molecular weight is 281 g/mol. The highest BCUT2D eigenvalue weighted by atomic mass is 16.5. The summed E-state index contributed by atoms with van der Waals surface area (Å²) >= 11 is 0. The van der Waals surface area contributed by atoms with Crippen molar-refractivity contribution in [3.63, 3.8) is 0 Å². The SMILES string of the molecule is CCOCCCNCC(C)OCc1ccc(OC)cc1. The maximum Gasteiger partial charge on any atom is 0.118 e. The van der Waals surface area contributed by atoms with Gasteiger partial charge in [-0.25, -0.2) is 0 Å². The molecule has 0 amide bonds. The first kappa shape index (κ1) is 17.0. The topological polar surface area (TPSA) is 39.7 Å². The zero-order valence-corrected chi connectivity index (χ0v) is 12.9. The van der Waals surface area contributed by atoms with Gasteiger partial charge in [0.05, 0.1) is 19.8 Å². The van der Waals surface area contributed by atoms with Crippen molar-refractivity contribution in [3.8, 4) is 5.75 Å². The minimum Gasteiger partial charge on any atom is -0.497 e. The van der Waals surface area contributed by atoms with Crippen LogP contribution < -0.4 is 10.1 Å². The minimum atomic E-state index is 0.198. The van der Waals surface area contributed by atoms with Crippen molar-refractivity contribution in [1.82, 2.24) is 5.32 Å². The first-order chi connectivity index (χ1) is 9.76. The molecule has 1 aromatic rings. The molecule has 4 nitrogen and oxygen atoms in total. The Kier molecular flexibility index (Phi) is 9.04. The standard InChI is InChI=1S/C16H27NO3/c1-4-19-11-5-10-17-12-14(2)20-13-15-6-8-16(18-3)9-7-15/h6-9,14,17H,4-5,10-13H2,1-3H3. The summed E-state index contributed by atoms with van der Waals surface area (Å²) in [6.45, 7) is 8.18. The third kappa shape index (κ3) is 7.48. The first-order valence-corrected chi connectivity index (χ1v) is 7.29. The van der Waals surface area contributed by atoms with Gasteiger partial charge < -0.3 is 19.5 Å². The smallest absolute Gasteiger partial charge is 0.118 e. The van der Waals surface area contributed by atoms with Gasteiger partial charge in [-0.05, 0) is 44.5 Å². The number of rotatable bonds is 11. The van der Waals surface area contributed by atoms with Crippen LogP contribution in [0.1, 0.15) is 25.8 Å². The summed E-state index contributed by atoms with van der Waals surface area (Å²) in [4.78, 5) is 0. The number of benzene rings is 1. The van der Waals surface area contributed by atoms with Gasteiger partial charge in [0, 0.05) is 19.8 Å². The van der Waals surface area contributed by atoms with E-state index in [9.17, 15) is 0 Å². The molecule has 0 saturated heterocycles. The van der Waals surface area contributed by atoms with Crippen LogP contribution in [-0.2, 0) is 16.1 Å². The molecule has 114 valence electrons. The van der Waals surface area contributed by atoms with E-state index in [4.69, 9.17) is 14.2 Å². The molecule has 4 heteroatoms. The van der Waals surface area contributed by atoms with Crippen LogP contribution in [0.25, 0.3) is 0 Å². The van der Waals surface area contributed by atoms with Gasteiger partial charge in [0.25, 0.3) is 0 Å². The second-order valence-electron chi connectivity index (χ2n) is 4.72. The van der Waals surface area contributed by atoms with E-state index in [-0.39, 0.29) is 6.10 Å². The molecule has 0 aliphatic carbocycles. The molecule has 0 aliphatic heterocycles. The van der Waals surface area contributed by atoms with Gasteiger partial charge in [0.2, 0.25) is 0 Å². The Bertz CT molecular complexity index is 340. The summed E-state index contributed by atoms with van der Waals surface area (Å²) in [5, 5.41) is 3.37. The van der Waals surface area contributed by atoms with E-state index in [2.05, 4.69) is 12.2 Å². The van der Waals surface area contributed by atoms with Crippen molar-refractivity contribution in [2.75, 3.05) is 33.4 Å². The van der Waals surface area contributed by atoms with Crippen LogP contribution in [0.15, 0.2) is 24.3 Å². The lowest BCUT2D eigenvalue weighted by atomic mass is 10.2. The second kappa shape index (κ2) is 10.7. The van der Waals surface area contributed by atoms with Crippen molar-refractivity contribution in [3.05, 3.63) is 29.8 Å². The van der Waals surface area contributed by atoms with E-state index in [1.807, 2.05) is 31.2 Å². The fraction of sp³-hybridized carbons (Fsp3) is 0.625. The Balaban J connectivity index is 2.08. The summed E-state index contributed by atoms with van der Waals surface area (Å²) in [6, 6.07) is 7.97. The molecule has 0 aliphatic rings. The van der Waals surface area contributed by atoms with Crippen LogP contribution in [0.5, 0.6) is 5.75 Å². The van der Waals surface area contributed by atoms with Crippen LogP contribution in [0.3, 0.4) is 0 Å². The zero-order chi connectivity index (χ0) is 14.6. The highest BCUT2D eigenvalue weighted by Crippen LogP contribution is 2.12. The third-order valence-corrected chi connectivity index (χ3v) is 2.97. The fourth-order valence-corrected chi connectivity index (χ4v) is 1.77. The van der Waals surface area contributed by atoms with Gasteiger partial charge >= 0.3 is 0 Å². The first-order valence-electron chi connectivity index (χ1n) is 7.29. The summed E-state index contributed by atoms with van der Waals surface area (Å²) in [5.74, 6) is 0.873. The van der Waals surface area contributed by atoms with Crippen molar-refractivity contribution < 1.29 is 14.2 Å². The zero-order valence-electron chi connectivity index (χ0n) is 12.9. The average Bonchev–Trinajstić information content (AvgIpc) is 2.49. The maximum atomic E-state index is 5.79. The molecule has 0 bridgehead atoms. The molecule has 1 rings (SSSR count). The lowest BCUT2D eigenvalue weighted by molar-refractivity contribution is 0.0527. The maximum absolute atomic E-state index is 5.79. The lowest BCUT2D eigenvalue weighted by Crippen LogP contribution is -2.28. The van der Waals surface area contributed by atoms with Crippen molar-refractivity contribution >= 4 is 0 Å². The van der Waals surface area contributed by atoms with E-state index in [0.29, 0.717) is 6.61 Å². The van der Waals surface area contributed by atoms with Crippen molar-refractivity contribution in [2.24, 2.45) is 0 Å². The van der Waals surface area contributed by atoms with Crippen molar-refractivity contribution in [2.45, 2.75) is 33.0 Å². The predicted octanol–water partition coefficient (Wildman–Crippen LogP) is 2.62. The molecule has 0 radical (unpaired) electrons. The summed E-state index contributed by atoms with van der Waals surface area (Å²) in [6.07, 6.45) is 1.24. The molecule has 0 saturated carbocycles. The Labute approximate surface area is 122 Å². The Morgan fingerprint density at radius 1 is 1.20 bits per heavy atom. The van der Waals surface area contributed by atoms with Crippen LogP contribution >= 0.6 is 0 Å². The van der Waals surface area contributed by atoms with E-state index in [1.54, 1.807) is 7.11 Å². The molecule has 0 heterocycles. The van der Waals surface area contributed by atoms with Gasteiger partial charge in [-0.2, -0.15) is 0 Å². The van der Waals surface area contributed by atoms with Gasteiger partial charge in [-0.1, -0.05) is 12.1 Å². The Hall–Kier alpha value is -1.10. The molecule has 0 spiro atoms. The predicted molar refractivity (Wildman–Crippen MR) is 81.2 cm³/mol. The molecule has 20 heavy (non-hydrogen) atoms. The number of ether oxygens (including phenoxy) is 3. The summed E-state index contributed by atoms with van der Waals surface area (Å²) in [5.41, 5.74) is 1.16. The largest absolute Gasteiger partial charge is 0.497 e. The Morgan fingerprint density at radius 3 is 2.60 bits per heavy atom. The number of hydrogen-bond donors (Lipinski definition) is 1. The highest BCUT2D eigenvalue weighted by molar-refractivity contribution is 5.26. The minimum absolute atomic E-state index is 0.198. The summed E-state index contributed by atoms with van der Waals surface area (Å²) in [7, 11) is 1.67. The number of methoxy groups -OCH3 is 1. The quantitative estimate of drug-likeness (QED) is 0.633. The molecule has 1 atom stereocenters. The lowest BCUT2D eigenvalue weighted by Gasteiger charge is -2.14. The van der Waals surface area contributed by atoms with Crippen LogP contribution in [0.4, 0.5) is 0 Å². The van der Waals surface area contributed by atoms with Gasteiger partial charge in [0.15, 0.2) is 0 Å². The molecule has 1 N–H and O–H groups in total. The van der Waals surface area contributed by atoms with Crippen LogP contribution in [-0.4, -0.2) is 39.5 Å². The molecular formula is C16H27NO3. The normalized spacial score (nSPS) is 12.3. The van der Waals surface area contributed by atoms with Crippen molar-refractivity contribution in [1.29, 1.82) is 0 Å². The van der Waals surface area contributed by atoms with Gasteiger partial charge in [-0.15, -0.1) is 0 Å². The van der Waals surface area contributed by atoms with Crippen LogP contribution in [0, 0.1) is 0 Å². The Morgan fingerprint density at radius 2 is 1.95 bits per heavy atom. The van der Waals surface area contributed by atoms with Gasteiger partial charge in [0.1, 0.15) is 5.75 Å². The monoisotopic (exact) mass is 281 g/mol. The molecule has 1 unspecified atom stereocenters. The third-order valence-electron chi connectivity index (χ3n) is 2.97. The van der Waals surface area contributed by atoms with E-state index in [0.717, 1.165) is 44.0 Å². The highest BCUT2D eigenvalue weighted by Gasteiger charge is 2.02. The molecule has 0 fully saturated rings. The second-order valence-corrected chi connectivity index (χ2v) is 4.72. The van der Waals surface area contributed by atoms with E-state index in [1.165, 1.54) is 0 Å². The number of hydrogen-bond acceptors (Lipinski definition) is 4. The number of nitrogens with one attached hydrogen (secondary N) is 1. The fourth-order valence-electron chi connectivity index (χ4n) is 1.77. The van der Waals surface area contributed by atoms with E-state index < -0.39 is 0 Å². The van der Waals surface area contributed by atoms with Crippen LogP contribution in [0.2, 0.25) is 0 Å². The molecule has 0 aromatic heterocycles. The summed E-state index contributed by atoms with van der Waals surface area (Å²) < 4.78 is 16.2.